The first-order valence-electron chi connectivity index (χ1n) is 11.4. The van der Waals surface area contributed by atoms with Gasteiger partial charge in [-0.25, -0.2) is 13.3 Å². The molecule has 1 aliphatic carbocycles. The molecule has 0 radical (unpaired) electrons. The quantitative estimate of drug-likeness (QED) is 0.524. The number of nitrogens with zero attached hydrogens (tertiary/aromatic N) is 5. The van der Waals surface area contributed by atoms with Crippen molar-refractivity contribution >= 4 is 28.1 Å². The van der Waals surface area contributed by atoms with E-state index in [2.05, 4.69) is 30.7 Å². The van der Waals surface area contributed by atoms with E-state index < -0.39 is 11.3 Å². The van der Waals surface area contributed by atoms with Gasteiger partial charge in [0.25, 0.3) is 5.92 Å². The van der Waals surface area contributed by atoms with Gasteiger partial charge in [0.15, 0.2) is 11.4 Å². The lowest BCUT2D eigenvalue weighted by Crippen LogP contribution is -2.48. The molecule has 0 amide bonds. The van der Waals surface area contributed by atoms with E-state index in [0.29, 0.717) is 35.2 Å². The smallest absolute Gasteiger partial charge is 0.253 e. The van der Waals surface area contributed by atoms with E-state index in [-0.39, 0.29) is 6.61 Å². The standard InChI is InChI=1S/C23H30F2N6OS/c1-14-10-18(33-29-14)30-11-15-7-8-16(12-30)19(15)26-21-27-20-17(6-5-9-31(20)28-21)32-13-22(2,3)23(4,24)25/h5-6,9-10,15-16,19H,7-8,11-13H2,1-4H3,(H,26,28). The largest absolute Gasteiger partial charge is 0.489 e. The van der Waals surface area contributed by atoms with Crippen molar-refractivity contribution in [3.05, 3.63) is 30.1 Å². The number of aryl methyl sites for hydroxylation is 1. The Morgan fingerprint density at radius 2 is 1.94 bits per heavy atom. The number of piperidine rings is 1. The number of hydrogen-bond acceptors (Lipinski definition) is 7. The summed E-state index contributed by atoms with van der Waals surface area (Å²) in [6, 6.07) is 6.02. The normalized spacial score (nSPS) is 23.3. The third-order valence-electron chi connectivity index (χ3n) is 7.16. The molecule has 2 atom stereocenters. The summed E-state index contributed by atoms with van der Waals surface area (Å²) >= 11 is 1.57. The first-order chi connectivity index (χ1) is 15.6. The highest BCUT2D eigenvalue weighted by Crippen LogP contribution is 2.41. The molecule has 2 fully saturated rings. The van der Waals surface area contributed by atoms with Crippen molar-refractivity contribution < 1.29 is 13.5 Å². The zero-order chi connectivity index (χ0) is 23.4. The number of hydrogen-bond donors (Lipinski definition) is 1. The van der Waals surface area contributed by atoms with E-state index in [1.807, 2.05) is 6.92 Å². The van der Waals surface area contributed by atoms with E-state index in [1.54, 1.807) is 34.4 Å². The zero-order valence-electron chi connectivity index (χ0n) is 19.4. The highest BCUT2D eigenvalue weighted by atomic mass is 32.1. The molecule has 4 heterocycles. The summed E-state index contributed by atoms with van der Waals surface area (Å²) in [6.07, 6.45) is 4.15. The summed E-state index contributed by atoms with van der Waals surface area (Å²) in [5.41, 5.74) is 0.297. The van der Waals surface area contributed by atoms with Crippen LogP contribution in [0.15, 0.2) is 24.4 Å². The van der Waals surface area contributed by atoms with Crippen molar-refractivity contribution in [1.29, 1.82) is 0 Å². The van der Waals surface area contributed by atoms with Gasteiger partial charge in [-0.1, -0.05) is 13.8 Å². The first kappa shape index (κ1) is 22.3. The number of halogens is 2. The van der Waals surface area contributed by atoms with Crippen LogP contribution in [0.1, 0.15) is 39.3 Å². The fraction of sp³-hybridized carbons (Fsp3) is 0.609. The summed E-state index contributed by atoms with van der Waals surface area (Å²) in [5, 5.41) is 9.40. The van der Waals surface area contributed by atoms with Gasteiger partial charge in [0.2, 0.25) is 5.95 Å². The molecule has 1 saturated heterocycles. The molecule has 3 aromatic heterocycles. The molecule has 10 heteroatoms. The molecule has 2 unspecified atom stereocenters. The van der Waals surface area contributed by atoms with Crippen molar-refractivity contribution in [3.8, 4) is 5.75 Å². The molecule has 7 nitrogen and oxygen atoms in total. The molecular weight excluding hydrogens is 446 g/mol. The second-order valence-electron chi connectivity index (χ2n) is 10.1. The Hall–Kier alpha value is -2.49. The van der Waals surface area contributed by atoms with Crippen molar-refractivity contribution in [3.63, 3.8) is 0 Å². The number of aromatic nitrogens is 4. The maximum Gasteiger partial charge on any atom is 0.253 e. The average Bonchev–Trinajstić information content (AvgIpc) is 3.41. The van der Waals surface area contributed by atoms with Crippen LogP contribution >= 0.6 is 11.5 Å². The Kier molecular flexibility index (Phi) is 5.46. The lowest BCUT2D eigenvalue weighted by atomic mass is 9.87. The molecule has 3 aromatic rings. The van der Waals surface area contributed by atoms with Gasteiger partial charge in [0.05, 0.1) is 17.7 Å². The van der Waals surface area contributed by atoms with Crippen molar-refractivity contribution in [2.75, 3.05) is 29.9 Å². The summed E-state index contributed by atoms with van der Waals surface area (Å²) in [7, 11) is 0. The lowest BCUT2D eigenvalue weighted by Gasteiger charge is -2.38. The zero-order valence-corrected chi connectivity index (χ0v) is 20.2. The third kappa shape index (κ3) is 4.25. The summed E-state index contributed by atoms with van der Waals surface area (Å²) in [5.74, 6) is -0.823. The Balaban J connectivity index is 1.30. The van der Waals surface area contributed by atoms with Gasteiger partial charge < -0.3 is 15.0 Å². The molecule has 33 heavy (non-hydrogen) atoms. The second-order valence-corrected chi connectivity index (χ2v) is 10.9. The highest BCUT2D eigenvalue weighted by Gasteiger charge is 2.44. The molecule has 5 rings (SSSR count). The fourth-order valence-corrected chi connectivity index (χ4v) is 5.50. The van der Waals surface area contributed by atoms with Crippen LogP contribution in [0.5, 0.6) is 5.75 Å². The number of nitrogens with one attached hydrogen (secondary N) is 1. The molecule has 1 saturated carbocycles. The number of anilines is 2. The monoisotopic (exact) mass is 476 g/mol. The van der Waals surface area contributed by atoms with Gasteiger partial charge in [-0.15, -0.1) is 5.10 Å². The maximum atomic E-state index is 13.9. The van der Waals surface area contributed by atoms with Crippen LogP contribution in [-0.2, 0) is 0 Å². The topological polar surface area (TPSA) is 67.6 Å². The molecule has 1 aliphatic heterocycles. The maximum absolute atomic E-state index is 13.9. The van der Waals surface area contributed by atoms with Crippen LogP contribution in [-0.4, -0.2) is 50.6 Å². The fourth-order valence-electron chi connectivity index (χ4n) is 4.73. The Bertz CT molecular complexity index is 1130. The van der Waals surface area contributed by atoms with Crippen LogP contribution in [0, 0.1) is 24.2 Å². The number of ether oxygens (including phenoxy) is 1. The minimum Gasteiger partial charge on any atom is -0.489 e. The van der Waals surface area contributed by atoms with Gasteiger partial charge in [0.1, 0.15) is 5.00 Å². The minimum absolute atomic E-state index is 0.120. The van der Waals surface area contributed by atoms with Crippen molar-refractivity contribution in [1.82, 2.24) is 19.0 Å². The summed E-state index contributed by atoms with van der Waals surface area (Å²) in [6.45, 7) is 7.83. The molecular formula is C23H30F2N6OS. The molecule has 0 spiro atoms. The van der Waals surface area contributed by atoms with Gasteiger partial charge >= 0.3 is 0 Å². The number of pyridine rings is 1. The van der Waals surface area contributed by atoms with Gasteiger partial charge in [-0.05, 0) is 61.3 Å². The molecule has 1 N–H and O–H groups in total. The van der Waals surface area contributed by atoms with Crippen LogP contribution in [0.2, 0.25) is 0 Å². The summed E-state index contributed by atoms with van der Waals surface area (Å²) in [4.78, 5) is 7.11. The average molecular weight is 477 g/mol. The molecule has 2 aliphatic rings. The van der Waals surface area contributed by atoms with Gasteiger partial charge in [-0.2, -0.15) is 9.36 Å². The lowest BCUT2D eigenvalue weighted by molar-refractivity contribution is -0.105. The summed E-state index contributed by atoms with van der Waals surface area (Å²) < 4.78 is 39.6. The minimum atomic E-state index is -2.86. The predicted molar refractivity (Wildman–Crippen MR) is 126 cm³/mol. The Morgan fingerprint density at radius 1 is 1.21 bits per heavy atom. The van der Waals surface area contributed by atoms with E-state index in [0.717, 1.165) is 25.7 Å². The Labute approximate surface area is 196 Å². The number of alkyl halides is 2. The number of fused-ring (bicyclic) bond motifs is 3. The molecule has 0 aromatic carbocycles. The third-order valence-corrected chi connectivity index (χ3v) is 8.10. The van der Waals surface area contributed by atoms with E-state index >= 15 is 0 Å². The van der Waals surface area contributed by atoms with Crippen LogP contribution < -0.4 is 15.0 Å². The highest BCUT2D eigenvalue weighted by molar-refractivity contribution is 7.10. The van der Waals surface area contributed by atoms with E-state index in [4.69, 9.17) is 4.74 Å². The van der Waals surface area contributed by atoms with E-state index in [9.17, 15) is 8.78 Å². The van der Waals surface area contributed by atoms with E-state index in [1.165, 1.54) is 31.7 Å². The molecule has 178 valence electrons. The second kappa shape index (κ2) is 8.07. The number of rotatable bonds is 7. The Morgan fingerprint density at radius 3 is 2.58 bits per heavy atom. The van der Waals surface area contributed by atoms with Gasteiger partial charge in [-0.3, -0.25) is 0 Å². The van der Waals surface area contributed by atoms with Crippen molar-refractivity contribution in [2.24, 2.45) is 17.3 Å². The van der Waals surface area contributed by atoms with Crippen LogP contribution in [0.4, 0.5) is 19.7 Å². The van der Waals surface area contributed by atoms with Gasteiger partial charge in [0, 0.05) is 32.3 Å². The van der Waals surface area contributed by atoms with Crippen molar-refractivity contribution in [2.45, 2.75) is 52.5 Å². The first-order valence-corrected chi connectivity index (χ1v) is 12.2. The van der Waals surface area contributed by atoms with Crippen LogP contribution in [0.25, 0.3) is 5.65 Å². The molecule has 2 bridgehead atoms. The van der Waals surface area contributed by atoms with Crippen LogP contribution in [0.3, 0.4) is 0 Å². The SMILES string of the molecule is Cc1cc(N2CC3CCC(C2)C3Nc2nc3c(OCC(C)(C)C(C)(F)F)cccn3n2)sn1. The predicted octanol–water partition coefficient (Wildman–Crippen LogP) is 4.88.